The van der Waals surface area contributed by atoms with Crippen LogP contribution in [0.5, 0.6) is 0 Å². The van der Waals surface area contributed by atoms with Gasteiger partial charge in [0.15, 0.2) is 12.1 Å². The predicted molar refractivity (Wildman–Crippen MR) is 157 cm³/mol. The van der Waals surface area contributed by atoms with E-state index in [4.69, 9.17) is 16.3 Å². The molecule has 208 valence electrons. The van der Waals surface area contributed by atoms with Crippen LogP contribution in [0.2, 0.25) is 5.02 Å². The van der Waals surface area contributed by atoms with Crippen LogP contribution in [0.4, 0.5) is 10.5 Å². The molecule has 1 aliphatic rings. The summed E-state index contributed by atoms with van der Waals surface area (Å²) in [4.78, 5) is 45.3. The van der Waals surface area contributed by atoms with Crippen molar-refractivity contribution in [3.63, 3.8) is 0 Å². The lowest BCUT2D eigenvalue weighted by Crippen LogP contribution is -2.46. The summed E-state index contributed by atoms with van der Waals surface area (Å²) in [7, 11) is 0. The van der Waals surface area contributed by atoms with Gasteiger partial charge in [-0.2, -0.15) is 0 Å². The second-order valence-corrected chi connectivity index (χ2v) is 10.3. The lowest BCUT2D eigenvalue weighted by molar-refractivity contribution is -0.126. The smallest absolute Gasteiger partial charge is 0.411 e. The van der Waals surface area contributed by atoms with E-state index in [-0.39, 0.29) is 18.4 Å². The number of carbonyl (C=O) groups is 3. The monoisotopic (exact) mass is 568 g/mol. The van der Waals surface area contributed by atoms with Crippen molar-refractivity contribution in [3.8, 4) is 0 Å². The van der Waals surface area contributed by atoms with Crippen molar-refractivity contribution in [1.82, 2.24) is 15.2 Å². The molecule has 3 aromatic carbocycles. The molecule has 8 nitrogen and oxygen atoms in total. The first-order chi connectivity index (χ1) is 19.9. The number of nitrogens with one attached hydrogen (secondary N) is 2. The van der Waals surface area contributed by atoms with Crippen LogP contribution in [0.15, 0.2) is 97.2 Å². The molecule has 2 N–H and O–H groups in total. The maximum absolute atomic E-state index is 13.6. The van der Waals surface area contributed by atoms with Gasteiger partial charge in [-0.05, 0) is 66.6 Å². The van der Waals surface area contributed by atoms with Crippen molar-refractivity contribution < 1.29 is 19.1 Å². The number of rotatable bonds is 9. The van der Waals surface area contributed by atoms with Crippen LogP contribution >= 0.6 is 11.6 Å². The molecule has 4 aromatic rings. The van der Waals surface area contributed by atoms with E-state index in [1.54, 1.807) is 60.8 Å². The molecule has 0 spiro atoms. The molecular formula is C32H29ClN4O4. The number of aryl methyl sites for hydroxylation is 1. The number of halogens is 1. The van der Waals surface area contributed by atoms with Gasteiger partial charge in [-0.3, -0.25) is 19.5 Å². The largest absolute Gasteiger partial charge is 0.438 e. The van der Waals surface area contributed by atoms with Crippen molar-refractivity contribution >= 4 is 35.2 Å². The normalized spacial score (nSPS) is 16.2. The number of benzene rings is 3. The zero-order valence-electron chi connectivity index (χ0n) is 22.4. The summed E-state index contributed by atoms with van der Waals surface area (Å²) in [5.41, 5.74) is 4.28. The number of anilines is 1. The number of ether oxygens (including phenoxy) is 1. The van der Waals surface area contributed by atoms with E-state index in [1.165, 1.54) is 4.90 Å². The minimum absolute atomic E-state index is 0.137. The summed E-state index contributed by atoms with van der Waals surface area (Å²) in [5.74, 6) is -0.620. The molecule has 5 rings (SSSR count). The van der Waals surface area contributed by atoms with Gasteiger partial charge in [-0.15, -0.1) is 0 Å². The first-order valence-corrected chi connectivity index (χ1v) is 13.6. The highest BCUT2D eigenvalue weighted by atomic mass is 35.5. The van der Waals surface area contributed by atoms with Crippen molar-refractivity contribution in [1.29, 1.82) is 0 Å². The van der Waals surface area contributed by atoms with Gasteiger partial charge in [-0.25, -0.2) is 4.79 Å². The molecule has 2 heterocycles. The van der Waals surface area contributed by atoms with Gasteiger partial charge in [0.2, 0.25) is 5.91 Å². The standard InChI is InChI=1S/C32H29ClN4O4/c1-21-11-13-23(14-12-21)30(38)36-27-10-5-7-24(19-27)29-28(31(39)35-17-15-26-9-2-3-16-34-26)37(32(40)41-29)20-22-6-4-8-25(33)18-22/h2-14,16,18-19,28-29H,15,17,20H2,1H3,(H,35,39)(H,36,38)/t28-,29+/m0/s1. The highest BCUT2D eigenvalue weighted by Crippen LogP contribution is 2.35. The number of pyridine rings is 1. The van der Waals surface area contributed by atoms with Crippen molar-refractivity contribution in [3.05, 3.63) is 130 Å². The molecule has 3 amide bonds. The third-order valence-electron chi connectivity index (χ3n) is 6.79. The number of nitrogens with zero attached hydrogens (tertiary/aromatic N) is 2. The van der Waals surface area contributed by atoms with Gasteiger partial charge in [0.25, 0.3) is 5.91 Å². The van der Waals surface area contributed by atoms with Gasteiger partial charge in [-0.1, -0.05) is 59.6 Å². The molecule has 0 radical (unpaired) electrons. The Morgan fingerprint density at radius 3 is 2.54 bits per heavy atom. The van der Waals surface area contributed by atoms with Crippen molar-refractivity contribution in [2.45, 2.75) is 32.0 Å². The van der Waals surface area contributed by atoms with Crippen LogP contribution in [-0.2, 0) is 22.5 Å². The minimum Gasteiger partial charge on any atom is -0.438 e. The molecule has 2 atom stereocenters. The summed E-state index contributed by atoms with van der Waals surface area (Å²) in [6, 6.07) is 26.0. The Morgan fingerprint density at radius 1 is 0.976 bits per heavy atom. The fourth-order valence-corrected chi connectivity index (χ4v) is 4.92. The highest BCUT2D eigenvalue weighted by molar-refractivity contribution is 6.30. The van der Waals surface area contributed by atoms with Crippen LogP contribution < -0.4 is 10.6 Å². The Balaban J connectivity index is 1.38. The summed E-state index contributed by atoms with van der Waals surface area (Å²) in [5, 5.41) is 6.36. The van der Waals surface area contributed by atoms with E-state index in [0.717, 1.165) is 16.8 Å². The topological polar surface area (TPSA) is 101 Å². The SMILES string of the molecule is Cc1ccc(C(=O)Nc2cccc([C@H]3OC(=O)N(Cc4cccc(Cl)c4)[C@@H]3C(=O)NCCc3ccccn3)c2)cc1. The molecule has 1 aromatic heterocycles. The van der Waals surface area contributed by atoms with Gasteiger partial charge in [0.1, 0.15) is 0 Å². The lowest BCUT2D eigenvalue weighted by atomic mass is 10.00. The van der Waals surface area contributed by atoms with Crippen LogP contribution in [0.1, 0.15) is 38.8 Å². The molecule has 9 heteroatoms. The van der Waals surface area contributed by atoms with E-state index < -0.39 is 18.2 Å². The second-order valence-electron chi connectivity index (χ2n) is 9.81. The Labute approximate surface area is 243 Å². The van der Waals surface area contributed by atoms with Crippen LogP contribution in [0.25, 0.3) is 0 Å². The summed E-state index contributed by atoms with van der Waals surface area (Å²) >= 11 is 6.17. The lowest BCUT2D eigenvalue weighted by Gasteiger charge is -2.24. The summed E-state index contributed by atoms with van der Waals surface area (Å²) < 4.78 is 5.79. The molecule has 0 unspecified atom stereocenters. The van der Waals surface area contributed by atoms with E-state index >= 15 is 0 Å². The molecule has 1 fully saturated rings. The fourth-order valence-electron chi connectivity index (χ4n) is 4.71. The number of amides is 3. The van der Waals surface area contributed by atoms with Gasteiger partial charge in [0.05, 0.1) is 6.54 Å². The number of hydrogen-bond acceptors (Lipinski definition) is 5. The van der Waals surface area contributed by atoms with E-state index in [2.05, 4.69) is 15.6 Å². The number of hydrogen-bond donors (Lipinski definition) is 2. The maximum Gasteiger partial charge on any atom is 0.411 e. The predicted octanol–water partition coefficient (Wildman–Crippen LogP) is 5.72. The molecule has 1 aliphatic heterocycles. The summed E-state index contributed by atoms with van der Waals surface area (Å²) in [6.07, 6.45) is 0.725. The third-order valence-corrected chi connectivity index (χ3v) is 7.02. The molecule has 0 saturated carbocycles. The average molecular weight is 569 g/mol. The van der Waals surface area contributed by atoms with Crippen molar-refractivity contribution in [2.75, 3.05) is 11.9 Å². The zero-order valence-corrected chi connectivity index (χ0v) is 23.2. The Hall–Kier alpha value is -4.69. The second kappa shape index (κ2) is 12.7. The number of aromatic nitrogens is 1. The molecule has 41 heavy (non-hydrogen) atoms. The Bertz CT molecular complexity index is 1550. The molecule has 1 saturated heterocycles. The quantitative estimate of drug-likeness (QED) is 0.269. The maximum atomic E-state index is 13.6. The van der Waals surface area contributed by atoms with E-state index in [9.17, 15) is 14.4 Å². The third kappa shape index (κ3) is 6.91. The Morgan fingerprint density at radius 2 is 1.78 bits per heavy atom. The van der Waals surface area contributed by atoms with Gasteiger partial charge in [0, 0.05) is 41.1 Å². The molecule has 0 aliphatic carbocycles. The first kappa shape index (κ1) is 27.9. The highest BCUT2D eigenvalue weighted by Gasteiger charge is 2.47. The molecule has 0 bridgehead atoms. The van der Waals surface area contributed by atoms with E-state index in [1.807, 2.05) is 43.3 Å². The Kier molecular flexibility index (Phi) is 8.60. The van der Waals surface area contributed by atoms with Crippen LogP contribution in [0.3, 0.4) is 0 Å². The van der Waals surface area contributed by atoms with Crippen LogP contribution in [0, 0.1) is 6.92 Å². The van der Waals surface area contributed by atoms with Crippen LogP contribution in [-0.4, -0.2) is 40.4 Å². The zero-order chi connectivity index (χ0) is 28.8. The van der Waals surface area contributed by atoms with Gasteiger partial charge < -0.3 is 15.4 Å². The van der Waals surface area contributed by atoms with E-state index in [0.29, 0.717) is 34.8 Å². The first-order valence-electron chi connectivity index (χ1n) is 13.2. The fraction of sp³-hybridized carbons (Fsp3) is 0.188. The van der Waals surface area contributed by atoms with Crippen molar-refractivity contribution in [2.24, 2.45) is 0 Å². The molecular weight excluding hydrogens is 540 g/mol. The average Bonchev–Trinajstić information content (AvgIpc) is 3.29. The number of carbonyl (C=O) groups excluding carboxylic acids is 3. The number of cyclic esters (lactones) is 1. The summed E-state index contributed by atoms with van der Waals surface area (Å²) in [6.45, 7) is 2.43. The minimum atomic E-state index is -0.951. The van der Waals surface area contributed by atoms with Gasteiger partial charge >= 0.3 is 6.09 Å².